The van der Waals surface area contributed by atoms with E-state index < -0.39 is 5.97 Å². The van der Waals surface area contributed by atoms with Gasteiger partial charge in [-0.3, -0.25) is 4.79 Å². The lowest BCUT2D eigenvalue weighted by molar-refractivity contribution is -0.136. The molecule has 0 radical (unpaired) electrons. The Balaban J connectivity index is 2.58. The second kappa shape index (κ2) is 4.62. The fraction of sp³-hybridized carbons (Fsp3) is 0.357. The Hall–Kier alpha value is -1.77. The van der Waals surface area contributed by atoms with E-state index in [9.17, 15) is 4.79 Å². The summed E-state index contributed by atoms with van der Waals surface area (Å²) >= 11 is 0. The molecule has 0 saturated carbocycles. The normalized spacial score (nSPS) is 12.8. The first-order chi connectivity index (χ1) is 8.13. The molecule has 1 unspecified atom stereocenters. The lowest BCUT2D eigenvalue weighted by Gasteiger charge is -2.12. The third-order valence-corrected chi connectivity index (χ3v) is 3.23. The number of aliphatic carboxylic acids is 1. The number of aromatic nitrogens is 1. The molecule has 1 aromatic carbocycles. The Labute approximate surface area is 101 Å². The van der Waals surface area contributed by atoms with Gasteiger partial charge < -0.3 is 9.67 Å². The van der Waals surface area contributed by atoms with Gasteiger partial charge in [0.05, 0.1) is 6.42 Å². The maximum Gasteiger partial charge on any atom is 0.307 e. The summed E-state index contributed by atoms with van der Waals surface area (Å²) in [6.45, 7) is 4.29. The molecular weight excluding hydrogens is 214 g/mol. The van der Waals surface area contributed by atoms with Gasteiger partial charge in [-0.2, -0.15) is 0 Å². The van der Waals surface area contributed by atoms with Crippen molar-refractivity contribution in [2.24, 2.45) is 0 Å². The SMILES string of the molecule is CCC(C)n1cc(CC(=O)O)c2ccccc21. The molecule has 17 heavy (non-hydrogen) atoms. The lowest BCUT2D eigenvalue weighted by Crippen LogP contribution is -2.02. The van der Waals surface area contributed by atoms with Crippen LogP contribution >= 0.6 is 0 Å². The molecule has 3 heteroatoms. The zero-order valence-electron chi connectivity index (χ0n) is 10.2. The summed E-state index contributed by atoms with van der Waals surface area (Å²) in [4.78, 5) is 10.9. The summed E-state index contributed by atoms with van der Waals surface area (Å²) in [6.07, 6.45) is 3.10. The smallest absolute Gasteiger partial charge is 0.307 e. The first-order valence-corrected chi connectivity index (χ1v) is 5.93. The van der Waals surface area contributed by atoms with Gasteiger partial charge in [-0.1, -0.05) is 25.1 Å². The minimum Gasteiger partial charge on any atom is -0.481 e. The third-order valence-electron chi connectivity index (χ3n) is 3.23. The quantitative estimate of drug-likeness (QED) is 0.877. The molecule has 0 fully saturated rings. The van der Waals surface area contributed by atoms with E-state index in [-0.39, 0.29) is 6.42 Å². The molecule has 1 atom stereocenters. The number of nitrogens with zero attached hydrogens (tertiary/aromatic N) is 1. The maximum absolute atomic E-state index is 10.9. The van der Waals surface area contributed by atoms with E-state index in [1.165, 1.54) is 0 Å². The van der Waals surface area contributed by atoms with Gasteiger partial charge in [-0.25, -0.2) is 0 Å². The fourth-order valence-corrected chi connectivity index (χ4v) is 2.14. The number of carboxylic acids is 1. The number of hydrogen-bond donors (Lipinski definition) is 1. The van der Waals surface area contributed by atoms with Crippen molar-refractivity contribution in [2.45, 2.75) is 32.7 Å². The van der Waals surface area contributed by atoms with E-state index in [0.29, 0.717) is 6.04 Å². The molecule has 3 nitrogen and oxygen atoms in total. The Kier molecular flexibility index (Phi) is 3.18. The lowest BCUT2D eigenvalue weighted by atomic mass is 10.1. The van der Waals surface area contributed by atoms with Crippen molar-refractivity contribution in [3.8, 4) is 0 Å². The van der Waals surface area contributed by atoms with Gasteiger partial charge in [0, 0.05) is 23.1 Å². The van der Waals surface area contributed by atoms with Crippen LogP contribution in [-0.4, -0.2) is 15.6 Å². The van der Waals surface area contributed by atoms with Crippen molar-refractivity contribution >= 4 is 16.9 Å². The van der Waals surface area contributed by atoms with Gasteiger partial charge in [0.25, 0.3) is 0 Å². The zero-order valence-corrected chi connectivity index (χ0v) is 10.2. The number of fused-ring (bicyclic) bond motifs is 1. The van der Waals surface area contributed by atoms with Crippen LogP contribution in [0.15, 0.2) is 30.5 Å². The van der Waals surface area contributed by atoms with Crippen LogP contribution in [-0.2, 0) is 11.2 Å². The highest BCUT2D eigenvalue weighted by Gasteiger charge is 2.13. The van der Waals surface area contributed by atoms with Crippen LogP contribution in [0.5, 0.6) is 0 Å². The van der Waals surface area contributed by atoms with E-state index in [0.717, 1.165) is 22.9 Å². The van der Waals surface area contributed by atoms with Gasteiger partial charge in [0.15, 0.2) is 0 Å². The Morgan fingerprint density at radius 1 is 1.41 bits per heavy atom. The van der Waals surface area contributed by atoms with Crippen molar-refractivity contribution in [2.75, 3.05) is 0 Å². The predicted octanol–water partition coefficient (Wildman–Crippen LogP) is 3.24. The first-order valence-electron chi connectivity index (χ1n) is 5.93. The van der Waals surface area contributed by atoms with E-state index in [2.05, 4.69) is 18.4 Å². The Morgan fingerprint density at radius 3 is 2.76 bits per heavy atom. The minimum atomic E-state index is -0.781. The first kappa shape index (κ1) is 11.7. The highest BCUT2D eigenvalue weighted by Crippen LogP contribution is 2.26. The summed E-state index contributed by atoms with van der Waals surface area (Å²) in [5, 5.41) is 9.97. The Morgan fingerprint density at radius 2 is 2.12 bits per heavy atom. The van der Waals surface area contributed by atoms with E-state index in [4.69, 9.17) is 5.11 Å². The van der Waals surface area contributed by atoms with Crippen LogP contribution in [0.25, 0.3) is 10.9 Å². The van der Waals surface area contributed by atoms with Crippen LogP contribution in [0.3, 0.4) is 0 Å². The zero-order chi connectivity index (χ0) is 12.4. The molecular formula is C14H17NO2. The minimum absolute atomic E-state index is 0.0872. The van der Waals surface area contributed by atoms with Crippen molar-refractivity contribution < 1.29 is 9.90 Å². The standard InChI is InChI=1S/C14H17NO2/c1-3-10(2)15-9-11(8-14(16)17)12-6-4-5-7-13(12)15/h4-7,9-10H,3,8H2,1-2H3,(H,16,17). The van der Waals surface area contributed by atoms with Crippen molar-refractivity contribution in [3.63, 3.8) is 0 Å². The largest absolute Gasteiger partial charge is 0.481 e. The number of carbonyl (C=O) groups is 1. The van der Waals surface area contributed by atoms with Crippen molar-refractivity contribution in [1.82, 2.24) is 4.57 Å². The van der Waals surface area contributed by atoms with Crippen molar-refractivity contribution in [3.05, 3.63) is 36.0 Å². The number of rotatable bonds is 4. The second-order valence-corrected chi connectivity index (χ2v) is 4.41. The van der Waals surface area contributed by atoms with Gasteiger partial charge >= 0.3 is 5.97 Å². The molecule has 0 aliphatic rings. The van der Waals surface area contributed by atoms with E-state index in [1.807, 2.05) is 30.5 Å². The van der Waals surface area contributed by atoms with Gasteiger partial charge in [-0.05, 0) is 25.0 Å². The Bertz CT molecular complexity index is 542. The van der Waals surface area contributed by atoms with Gasteiger partial charge in [0.2, 0.25) is 0 Å². The molecule has 0 saturated heterocycles. The average molecular weight is 231 g/mol. The summed E-state index contributed by atoms with van der Waals surface area (Å²) < 4.78 is 2.17. The molecule has 0 spiro atoms. The van der Waals surface area contributed by atoms with Crippen LogP contribution in [0.2, 0.25) is 0 Å². The summed E-state index contributed by atoms with van der Waals surface area (Å²) in [6, 6.07) is 8.38. The van der Waals surface area contributed by atoms with Crippen LogP contribution in [0.1, 0.15) is 31.9 Å². The molecule has 0 aliphatic carbocycles. The molecule has 1 aromatic heterocycles. The molecule has 0 bridgehead atoms. The maximum atomic E-state index is 10.9. The second-order valence-electron chi connectivity index (χ2n) is 4.41. The van der Waals surface area contributed by atoms with E-state index in [1.54, 1.807) is 0 Å². The molecule has 90 valence electrons. The number of carboxylic acid groups (broad SMARTS) is 1. The van der Waals surface area contributed by atoms with Crippen LogP contribution < -0.4 is 0 Å². The summed E-state index contributed by atoms with van der Waals surface area (Å²) in [5.74, 6) is -0.781. The molecule has 0 aliphatic heterocycles. The number of hydrogen-bond acceptors (Lipinski definition) is 1. The average Bonchev–Trinajstić information content (AvgIpc) is 2.67. The predicted molar refractivity (Wildman–Crippen MR) is 68.3 cm³/mol. The third kappa shape index (κ3) is 2.18. The van der Waals surface area contributed by atoms with Crippen molar-refractivity contribution in [1.29, 1.82) is 0 Å². The summed E-state index contributed by atoms with van der Waals surface area (Å²) in [7, 11) is 0. The highest BCUT2D eigenvalue weighted by molar-refractivity contribution is 5.87. The summed E-state index contributed by atoms with van der Waals surface area (Å²) in [5.41, 5.74) is 2.02. The number of benzene rings is 1. The topological polar surface area (TPSA) is 42.2 Å². The van der Waals surface area contributed by atoms with Gasteiger partial charge in [-0.15, -0.1) is 0 Å². The van der Waals surface area contributed by atoms with E-state index >= 15 is 0 Å². The fourth-order valence-electron chi connectivity index (χ4n) is 2.14. The monoisotopic (exact) mass is 231 g/mol. The van der Waals surface area contributed by atoms with Gasteiger partial charge in [0.1, 0.15) is 0 Å². The molecule has 1 N–H and O–H groups in total. The molecule has 2 rings (SSSR count). The molecule has 2 aromatic rings. The van der Waals surface area contributed by atoms with Crippen LogP contribution in [0, 0.1) is 0 Å². The van der Waals surface area contributed by atoms with Crippen LogP contribution in [0.4, 0.5) is 0 Å². The number of para-hydroxylation sites is 1. The highest BCUT2D eigenvalue weighted by atomic mass is 16.4. The molecule has 0 amide bonds. The molecule has 1 heterocycles.